The number of piperidine rings is 1. The fourth-order valence-electron chi connectivity index (χ4n) is 3.63. The number of fused-ring (bicyclic) bond motifs is 4. The van der Waals surface area contributed by atoms with E-state index in [9.17, 15) is 9.59 Å². The van der Waals surface area contributed by atoms with Crippen LogP contribution in [0.4, 0.5) is 0 Å². The standard InChI is InChI=1S/C20H18N4O2/c21-10-16-2-1-3-18(22-16)13-4-6-14(7-5-13)20(26)24-11-15-8-9-17(12-24)23-19(15)25/h1-7,15,17H,8-9,11-12H2,(H,23,25)/t15-,17+/m1/s1. The van der Waals surface area contributed by atoms with E-state index >= 15 is 0 Å². The molecule has 3 aliphatic rings. The van der Waals surface area contributed by atoms with Crippen molar-refractivity contribution in [3.8, 4) is 17.3 Å². The number of pyridine rings is 1. The number of nitrogens with one attached hydrogen (secondary N) is 1. The predicted octanol–water partition coefficient (Wildman–Crippen LogP) is 1.97. The van der Waals surface area contributed by atoms with Gasteiger partial charge in [0.1, 0.15) is 11.8 Å². The first-order chi connectivity index (χ1) is 12.6. The van der Waals surface area contributed by atoms with Gasteiger partial charge in [0.05, 0.1) is 11.6 Å². The summed E-state index contributed by atoms with van der Waals surface area (Å²) in [6, 6.07) is 14.6. The van der Waals surface area contributed by atoms with Crippen molar-refractivity contribution in [2.75, 3.05) is 13.1 Å². The van der Waals surface area contributed by atoms with Gasteiger partial charge < -0.3 is 10.2 Å². The summed E-state index contributed by atoms with van der Waals surface area (Å²) in [4.78, 5) is 30.9. The molecule has 3 fully saturated rings. The lowest BCUT2D eigenvalue weighted by molar-refractivity contribution is -0.126. The zero-order valence-corrected chi connectivity index (χ0v) is 14.2. The number of nitriles is 1. The molecule has 1 aromatic heterocycles. The number of nitrogens with zero attached hydrogens (tertiary/aromatic N) is 3. The number of benzene rings is 1. The first kappa shape index (κ1) is 16.3. The molecule has 6 nitrogen and oxygen atoms in total. The van der Waals surface area contributed by atoms with Crippen LogP contribution >= 0.6 is 0 Å². The number of carbonyl (C=O) groups is 2. The van der Waals surface area contributed by atoms with Gasteiger partial charge in [-0.15, -0.1) is 0 Å². The second-order valence-electron chi connectivity index (χ2n) is 6.79. The van der Waals surface area contributed by atoms with Crippen molar-refractivity contribution >= 4 is 11.8 Å². The quantitative estimate of drug-likeness (QED) is 0.901. The van der Waals surface area contributed by atoms with Crippen molar-refractivity contribution in [2.45, 2.75) is 18.9 Å². The summed E-state index contributed by atoms with van der Waals surface area (Å²) in [5.41, 5.74) is 2.51. The molecule has 5 rings (SSSR count). The summed E-state index contributed by atoms with van der Waals surface area (Å²) >= 11 is 0. The van der Waals surface area contributed by atoms with Gasteiger partial charge in [-0.05, 0) is 37.1 Å². The van der Waals surface area contributed by atoms with Crippen LogP contribution in [0.15, 0.2) is 42.5 Å². The number of hydrogen-bond acceptors (Lipinski definition) is 4. The zero-order chi connectivity index (χ0) is 18.1. The van der Waals surface area contributed by atoms with Crippen LogP contribution < -0.4 is 5.32 Å². The first-order valence-electron chi connectivity index (χ1n) is 8.71. The maximum Gasteiger partial charge on any atom is 0.253 e. The van der Waals surface area contributed by atoms with Gasteiger partial charge in [-0.3, -0.25) is 9.59 Å². The molecule has 130 valence electrons. The molecule has 2 aromatic rings. The van der Waals surface area contributed by atoms with Gasteiger partial charge >= 0.3 is 0 Å². The molecule has 3 saturated heterocycles. The summed E-state index contributed by atoms with van der Waals surface area (Å²) in [7, 11) is 0. The molecule has 0 aliphatic carbocycles. The van der Waals surface area contributed by atoms with Crippen LogP contribution in [0.1, 0.15) is 28.9 Å². The Kier molecular flexibility index (Phi) is 4.13. The van der Waals surface area contributed by atoms with Crippen LogP contribution in [-0.2, 0) is 4.79 Å². The molecule has 0 spiro atoms. The Bertz CT molecular complexity index is 901. The number of amides is 2. The molecular weight excluding hydrogens is 328 g/mol. The van der Waals surface area contributed by atoms with Gasteiger partial charge in [0.15, 0.2) is 0 Å². The summed E-state index contributed by atoms with van der Waals surface area (Å²) in [5.74, 6) is -0.0890. The Morgan fingerprint density at radius 3 is 2.69 bits per heavy atom. The molecule has 6 heteroatoms. The van der Waals surface area contributed by atoms with Crippen molar-refractivity contribution in [1.82, 2.24) is 15.2 Å². The van der Waals surface area contributed by atoms with Crippen LogP contribution in [0.2, 0.25) is 0 Å². The fourth-order valence-corrected chi connectivity index (χ4v) is 3.63. The second-order valence-corrected chi connectivity index (χ2v) is 6.79. The number of rotatable bonds is 2. The molecule has 0 radical (unpaired) electrons. The predicted molar refractivity (Wildman–Crippen MR) is 94.9 cm³/mol. The molecule has 2 bridgehead atoms. The van der Waals surface area contributed by atoms with Crippen molar-refractivity contribution in [3.63, 3.8) is 0 Å². The van der Waals surface area contributed by atoms with Crippen molar-refractivity contribution in [2.24, 2.45) is 5.92 Å². The molecule has 1 N–H and O–H groups in total. The van der Waals surface area contributed by atoms with Gasteiger partial charge in [0, 0.05) is 30.3 Å². The molecule has 26 heavy (non-hydrogen) atoms. The van der Waals surface area contributed by atoms with Gasteiger partial charge in [-0.2, -0.15) is 5.26 Å². The van der Waals surface area contributed by atoms with Crippen LogP contribution in [0, 0.1) is 17.2 Å². The zero-order valence-electron chi connectivity index (χ0n) is 14.2. The van der Waals surface area contributed by atoms with Crippen molar-refractivity contribution in [1.29, 1.82) is 5.26 Å². The monoisotopic (exact) mass is 346 g/mol. The highest BCUT2D eigenvalue weighted by Crippen LogP contribution is 2.24. The number of hydrogen-bond donors (Lipinski definition) is 1. The summed E-state index contributed by atoms with van der Waals surface area (Å²) < 4.78 is 0. The molecule has 3 aliphatic heterocycles. The van der Waals surface area contributed by atoms with Gasteiger partial charge in [0.25, 0.3) is 5.91 Å². The first-order valence-corrected chi connectivity index (χ1v) is 8.71. The van der Waals surface area contributed by atoms with Crippen LogP contribution in [-0.4, -0.2) is 40.8 Å². The van der Waals surface area contributed by atoms with Crippen LogP contribution in [0.3, 0.4) is 0 Å². The average Bonchev–Trinajstić information content (AvgIpc) is 2.99. The summed E-state index contributed by atoms with van der Waals surface area (Å²) in [5, 5.41) is 12.0. The summed E-state index contributed by atoms with van der Waals surface area (Å²) in [6.45, 7) is 1.04. The Balaban J connectivity index is 1.54. The lowest BCUT2D eigenvalue weighted by Gasteiger charge is -2.23. The minimum atomic E-state index is -0.102. The van der Waals surface area contributed by atoms with Crippen LogP contribution in [0.5, 0.6) is 0 Å². The third-order valence-electron chi connectivity index (χ3n) is 5.04. The van der Waals surface area contributed by atoms with E-state index in [-0.39, 0.29) is 23.8 Å². The fraction of sp³-hybridized carbons (Fsp3) is 0.300. The molecule has 0 saturated carbocycles. The SMILES string of the molecule is N#Cc1cccc(-c2ccc(C(=O)N3C[C@@H]4CC[C@H](C3)C(=O)N4)cc2)n1. The molecular formula is C20H18N4O2. The molecule has 2 amide bonds. The lowest BCUT2D eigenvalue weighted by Crippen LogP contribution is -2.43. The maximum atomic E-state index is 12.9. The Hall–Kier alpha value is -3.20. The normalized spacial score (nSPS) is 21.7. The van der Waals surface area contributed by atoms with Gasteiger partial charge in [0.2, 0.25) is 5.91 Å². The van der Waals surface area contributed by atoms with E-state index in [1.165, 1.54) is 0 Å². The van der Waals surface area contributed by atoms with Gasteiger partial charge in [-0.25, -0.2) is 4.98 Å². The highest BCUT2D eigenvalue weighted by atomic mass is 16.2. The third kappa shape index (κ3) is 3.04. The van der Waals surface area contributed by atoms with Crippen molar-refractivity contribution < 1.29 is 9.59 Å². The van der Waals surface area contributed by atoms with E-state index in [2.05, 4.69) is 10.3 Å². The average molecular weight is 346 g/mol. The smallest absolute Gasteiger partial charge is 0.253 e. The lowest BCUT2D eigenvalue weighted by atomic mass is 9.96. The van der Waals surface area contributed by atoms with E-state index in [4.69, 9.17) is 5.26 Å². The highest BCUT2D eigenvalue weighted by molar-refractivity contribution is 5.95. The molecule has 1 aromatic carbocycles. The van der Waals surface area contributed by atoms with E-state index in [0.717, 1.165) is 18.4 Å². The third-order valence-corrected chi connectivity index (χ3v) is 5.04. The van der Waals surface area contributed by atoms with E-state index in [0.29, 0.717) is 30.0 Å². The Labute approximate surface area is 151 Å². The number of carbonyl (C=O) groups excluding carboxylic acids is 2. The topological polar surface area (TPSA) is 86.1 Å². The highest BCUT2D eigenvalue weighted by Gasteiger charge is 2.36. The minimum Gasteiger partial charge on any atom is -0.351 e. The summed E-state index contributed by atoms with van der Waals surface area (Å²) in [6.07, 6.45) is 1.78. The maximum absolute atomic E-state index is 12.9. The van der Waals surface area contributed by atoms with Crippen LogP contribution in [0.25, 0.3) is 11.3 Å². The second kappa shape index (κ2) is 6.60. The molecule has 4 heterocycles. The van der Waals surface area contributed by atoms with E-state index in [1.54, 1.807) is 29.2 Å². The molecule has 0 unspecified atom stereocenters. The Morgan fingerprint density at radius 2 is 1.96 bits per heavy atom. The molecule has 2 atom stereocenters. The van der Waals surface area contributed by atoms with E-state index in [1.807, 2.05) is 24.3 Å². The van der Waals surface area contributed by atoms with E-state index < -0.39 is 0 Å². The minimum absolute atomic E-state index is 0.0521. The van der Waals surface area contributed by atoms with Gasteiger partial charge in [-0.1, -0.05) is 18.2 Å². The largest absolute Gasteiger partial charge is 0.351 e. The number of aromatic nitrogens is 1. The Morgan fingerprint density at radius 1 is 1.15 bits per heavy atom. The van der Waals surface area contributed by atoms with Crippen molar-refractivity contribution in [3.05, 3.63) is 53.7 Å².